The van der Waals surface area contributed by atoms with Gasteiger partial charge >= 0.3 is 0 Å². The molecule has 0 atom stereocenters. The minimum Gasteiger partial charge on any atom is -0.324 e. The maximum absolute atomic E-state index is 14.0. The van der Waals surface area contributed by atoms with Crippen LogP contribution < -0.4 is 10.9 Å². The number of carbonyl (C=O) groups is 1. The van der Waals surface area contributed by atoms with Crippen molar-refractivity contribution in [2.45, 2.75) is 44.7 Å². The van der Waals surface area contributed by atoms with E-state index >= 15 is 0 Å². The molecule has 0 fully saturated rings. The van der Waals surface area contributed by atoms with Crippen LogP contribution in [0.5, 0.6) is 0 Å². The van der Waals surface area contributed by atoms with Crippen LogP contribution in [0.15, 0.2) is 46.3 Å². The maximum Gasteiger partial charge on any atom is 0.270 e. The summed E-state index contributed by atoms with van der Waals surface area (Å²) < 4.78 is 1.60. The Hall–Kier alpha value is -4.01. The number of thiophene rings is 1. The van der Waals surface area contributed by atoms with Crippen molar-refractivity contribution >= 4 is 50.6 Å². The number of hydrogen-bond donors (Lipinski definition) is 1. The Kier molecular flexibility index (Phi) is 7.01. The van der Waals surface area contributed by atoms with Gasteiger partial charge in [-0.2, -0.15) is 5.26 Å². The molecule has 0 spiro atoms. The third-order valence-electron chi connectivity index (χ3n) is 6.49. The van der Waals surface area contributed by atoms with Gasteiger partial charge in [0.25, 0.3) is 11.2 Å². The molecule has 0 saturated heterocycles. The number of nitro groups is 1. The highest BCUT2D eigenvalue weighted by Gasteiger charge is 2.24. The van der Waals surface area contributed by atoms with Gasteiger partial charge in [0, 0.05) is 17.0 Å². The number of carbonyl (C=O) groups excluding carboxylic acids is 1. The van der Waals surface area contributed by atoms with Gasteiger partial charge in [0.05, 0.1) is 33.0 Å². The molecule has 0 saturated carbocycles. The summed E-state index contributed by atoms with van der Waals surface area (Å²) >= 11 is 2.69. The number of anilines is 1. The molecule has 11 heteroatoms. The first-order valence-corrected chi connectivity index (χ1v) is 13.8. The molecule has 1 amide bonds. The summed E-state index contributed by atoms with van der Waals surface area (Å²) in [5, 5.41) is 24.1. The number of thioether (sulfide) groups is 1. The third-order valence-corrected chi connectivity index (χ3v) is 8.62. The first kappa shape index (κ1) is 25.6. The first-order valence-electron chi connectivity index (χ1n) is 12.0. The lowest BCUT2D eigenvalue weighted by molar-refractivity contribution is -0.384. The molecular formula is C27H23N5O4S2. The molecule has 192 valence electrons. The highest BCUT2D eigenvalue weighted by molar-refractivity contribution is 7.99. The summed E-state index contributed by atoms with van der Waals surface area (Å²) in [6.45, 7) is 3.94. The molecule has 2 aromatic heterocycles. The normalized spacial score (nSPS) is 12.7. The third kappa shape index (κ3) is 4.80. The molecule has 5 rings (SSSR count). The molecule has 38 heavy (non-hydrogen) atoms. The second-order valence-electron chi connectivity index (χ2n) is 9.15. The first-order chi connectivity index (χ1) is 18.3. The van der Waals surface area contributed by atoms with Gasteiger partial charge in [0.2, 0.25) is 5.91 Å². The van der Waals surface area contributed by atoms with E-state index < -0.39 is 10.8 Å². The van der Waals surface area contributed by atoms with Crippen LogP contribution in [0, 0.1) is 35.3 Å². The van der Waals surface area contributed by atoms with Crippen LogP contribution >= 0.6 is 23.1 Å². The van der Waals surface area contributed by atoms with E-state index in [1.165, 1.54) is 17.0 Å². The highest BCUT2D eigenvalue weighted by Crippen LogP contribution is 2.35. The minimum atomic E-state index is -0.598. The summed E-state index contributed by atoms with van der Waals surface area (Å²) in [6, 6.07) is 11.4. The van der Waals surface area contributed by atoms with Crippen LogP contribution in [0.4, 0.5) is 11.4 Å². The van der Waals surface area contributed by atoms with Crippen LogP contribution in [0.2, 0.25) is 0 Å². The van der Waals surface area contributed by atoms with Crippen LogP contribution in [-0.4, -0.2) is 26.1 Å². The predicted octanol–water partition coefficient (Wildman–Crippen LogP) is 5.45. The Morgan fingerprint density at radius 3 is 2.76 bits per heavy atom. The average molecular weight is 546 g/mol. The molecule has 0 aliphatic heterocycles. The lowest BCUT2D eigenvalue weighted by atomic mass is 9.97. The fraction of sp³-hybridized carbons (Fsp3) is 0.259. The SMILES string of the molecule is Cc1ccc(-n2c(SCC(=O)Nc3ccc([N+](=O)[O-])cc3C#N)nc3sc4c(c3c2=O)CCCC4)c(C)c1. The lowest BCUT2D eigenvalue weighted by Gasteiger charge is -2.16. The summed E-state index contributed by atoms with van der Waals surface area (Å²) in [5.74, 6) is -0.497. The maximum atomic E-state index is 14.0. The molecule has 9 nitrogen and oxygen atoms in total. The number of aryl methyl sites for hydroxylation is 4. The van der Waals surface area contributed by atoms with E-state index in [0.29, 0.717) is 15.4 Å². The van der Waals surface area contributed by atoms with Gasteiger partial charge in [-0.3, -0.25) is 24.3 Å². The van der Waals surface area contributed by atoms with Crippen LogP contribution in [0.3, 0.4) is 0 Å². The van der Waals surface area contributed by atoms with Gasteiger partial charge < -0.3 is 5.32 Å². The Bertz CT molecular complexity index is 1720. The van der Waals surface area contributed by atoms with Gasteiger partial charge in [-0.25, -0.2) is 4.98 Å². The number of hydrogen-bond acceptors (Lipinski definition) is 8. The fourth-order valence-corrected chi connectivity index (χ4v) is 6.82. The van der Waals surface area contributed by atoms with E-state index in [1.54, 1.807) is 15.9 Å². The Morgan fingerprint density at radius 2 is 2.03 bits per heavy atom. The monoisotopic (exact) mass is 545 g/mol. The van der Waals surface area contributed by atoms with E-state index in [1.807, 2.05) is 38.1 Å². The number of amides is 1. The minimum absolute atomic E-state index is 0.00607. The van der Waals surface area contributed by atoms with Crippen molar-refractivity contribution < 1.29 is 9.72 Å². The molecule has 2 aromatic carbocycles. The van der Waals surface area contributed by atoms with Gasteiger partial charge in [0.15, 0.2) is 5.16 Å². The van der Waals surface area contributed by atoms with Crippen LogP contribution in [0.25, 0.3) is 15.9 Å². The Balaban J connectivity index is 1.51. The number of nitrogens with zero attached hydrogens (tertiary/aromatic N) is 4. The summed E-state index contributed by atoms with van der Waals surface area (Å²) in [7, 11) is 0. The average Bonchev–Trinajstić information content (AvgIpc) is 3.27. The zero-order valence-electron chi connectivity index (χ0n) is 20.7. The van der Waals surface area contributed by atoms with Crippen LogP contribution in [-0.2, 0) is 17.6 Å². The van der Waals surface area contributed by atoms with E-state index in [0.717, 1.165) is 65.9 Å². The zero-order chi connectivity index (χ0) is 27.0. The van der Waals surface area contributed by atoms with E-state index in [2.05, 4.69) is 5.32 Å². The number of nitro benzene ring substituents is 1. The second kappa shape index (κ2) is 10.4. The lowest BCUT2D eigenvalue weighted by Crippen LogP contribution is -2.24. The fourth-order valence-electron chi connectivity index (χ4n) is 4.72. The van der Waals surface area contributed by atoms with Crippen molar-refractivity contribution in [2.24, 2.45) is 0 Å². The van der Waals surface area contributed by atoms with Crippen LogP contribution in [0.1, 0.15) is 40.0 Å². The van der Waals surface area contributed by atoms with Crippen molar-refractivity contribution in [1.82, 2.24) is 9.55 Å². The van der Waals surface area contributed by atoms with Crippen molar-refractivity contribution in [3.63, 3.8) is 0 Å². The molecule has 1 aliphatic carbocycles. The molecule has 0 radical (unpaired) electrons. The zero-order valence-corrected chi connectivity index (χ0v) is 22.4. The molecule has 4 aromatic rings. The molecule has 0 bridgehead atoms. The summed E-state index contributed by atoms with van der Waals surface area (Å²) in [5.41, 5.74) is 3.63. The van der Waals surface area contributed by atoms with Gasteiger partial charge in [-0.15, -0.1) is 11.3 Å². The number of fused-ring (bicyclic) bond motifs is 3. The van der Waals surface area contributed by atoms with Gasteiger partial charge in [0.1, 0.15) is 10.9 Å². The molecule has 0 unspecified atom stereocenters. The highest BCUT2D eigenvalue weighted by atomic mass is 32.2. The molecule has 2 heterocycles. The topological polar surface area (TPSA) is 131 Å². The quantitative estimate of drug-likeness (QED) is 0.147. The molecular weight excluding hydrogens is 522 g/mol. The Morgan fingerprint density at radius 1 is 1.24 bits per heavy atom. The number of non-ortho nitro benzene ring substituents is 1. The summed E-state index contributed by atoms with van der Waals surface area (Å²) in [4.78, 5) is 44.0. The summed E-state index contributed by atoms with van der Waals surface area (Å²) in [6.07, 6.45) is 3.96. The molecule has 1 aliphatic rings. The van der Waals surface area contributed by atoms with Crippen molar-refractivity contribution in [2.75, 3.05) is 11.1 Å². The largest absolute Gasteiger partial charge is 0.324 e. The number of nitriles is 1. The van der Waals surface area contributed by atoms with Crippen molar-refractivity contribution in [3.05, 3.63) is 84.0 Å². The van der Waals surface area contributed by atoms with E-state index in [4.69, 9.17) is 4.98 Å². The second-order valence-corrected chi connectivity index (χ2v) is 11.2. The van der Waals surface area contributed by atoms with E-state index in [-0.39, 0.29) is 28.3 Å². The van der Waals surface area contributed by atoms with E-state index in [9.17, 15) is 25.0 Å². The van der Waals surface area contributed by atoms with Crippen molar-refractivity contribution in [3.8, 4) is 11.8 Å². The smallest absolute Gasteiger partial charge is 0.270 e. The predicted molar refractivity (Wildman–Crippen MR) is 148 cm³/mol. The van der Waals surface area contributed by atoms with Gasteiger partial charge in [-0.1, -0.05) is 29.5 Å². The van der Waals surface area contributed by atoms with Crippen molar-refractivity contribution in [1.29, 1.82) is 5.26 Å². The number of aromatic nitrogens is 2. The number of nitrogens with one attached hydrogen (secondary N) is 1. The Labute approximate surface area is 226 Å². The standard InChI is InChI=1S/C27H23N5O4S2/c1-15-7-10-21(16(2)11-15)31-26(34)24-19-5-3-4-6-22(19)38-25(24)30-27(31)37-14-23(33)29-20-9-8-18(32(35)36)12-17(20)13-28/h7-12H,3-6,14H2,1-2H3,(H,29,33). The number of rotatable bonds is 6. The van der Waals surface area contributed by atoms with Gasteiger partial charge in [-0.05, 0) is 62.8 Å². The number of benzene rings is 2. The molecule has 1 N–H and O–H groups in total.